The average molecular weight is 378 g/mol. The largest absolute Gasteiger partial charge is 0.430 e. The van der Waals surface area contributed by atoms with Gasteiger partial charge in [-0.25, -0.2) is 0 Å². The molecule has 0 radical (unpaired) electrons. The molecular formula is C14H10N4O9. The van der Waals surface area contributed by atoms with Crippen molar-refractivity contribution in [2.75, 3.05) is 0 Å². The van der Waals surface area contributed by atoms with Crippen molar-refractivity contribution in [3.63, 3.8) is 0 Å². The van der Waals surface area contributed by atoms with Crippen molar-refractivity contribution in [2.24, 2.45) is 0 Å². The van der Waals surface area contributed by atoms with E-state index >= 15 is 0 Å². The van der Waals surface area contributed by atoms with Crippen LogP contribution in [0.15, 0.2) is 24.3 Å². The molecule has 2 aromatic carbocycles. The van der Waals surface area contributed by atoms with Crippen LogP contribution in [0.4, 0.5) is 22.7 Å². The minimum absolute atomic E-state index is 0.161. The number of rotatable bonds is 6. The van der Waals surface area contributed by atoms with Crippen LogP contribution in [0, 0.1) is 54.3 Å². The van der Waals surface area contributed by atoms with Gasteiger partial charge in [0.1, 0.15) is 0 Å². The molecule has 0 heterocycles. The summed E-state index contributed by atoms with van der Waals surface area (Å²) in [5.41, 5.74) is -3.10. The maximum absolute atomic E-state index is 11.3. The Hall–Kier alpha value is -4.16. The van der Waals surface area contributed by atoms with Crippen molar-refractivity contribution < 1.29 is 24.4 Å². The van der Waals surface area contributed by atoms with Crippen molar-refractivity contribution in [3.8, 4) is 11.5 Å². The van der Waals surface area contributed by atoms with Crippen LogP contribution in [0.5, 0.6) is 11.5 Å². The fourth-order valence-electron chi connectivity index (χ4n) is 2.32. The molecular weight excluding hydrogens is 368 g/mol. The fourth-order valence-corrected chi connectivity index (χ4v) is 2.32. The maximum Gasteiger partial charge on any atom is 0.319 e. The predicted molar refractivity (Wildman–Crippen MR) is 89.0 cm³/mol. The molecule has 0 saturated carbocycles. The molecule has 13 heteroatoms. The van der Waals surface area contributed by atoms with Gasteiger partial charge >= 0.3 is 22.7 Å². The number of benzene rings is 2. The van der Waals surface area contributed by atoms with Gasteiger partial charge in [0.25, 0.3) is 11.5 Å². The summed E-state index contributed by atoms with van der Waals surface area (Å²) < 4.78 is 5.09. The van der Waals surface area contributed by atoms with E-state index in [0.717, 1.165) is 24.3 Å². The van der Waals surface area contributed by atoms with Crippen molar-refractivity contribution in [3.05, 3.63) is 75.8 Å². The average Bonchev–Trinajstić information content (AvgIpc) is 2.55. The Morgan fingerprint density at radius 1 is 0.593 bits per heavy atom. The zero-order valence-corrected chi connectivity index (χ0v) is 13.8. The molecule has 0 aliphatic heterocycles. The molecule has 0 fully saturated rings. The highest BCUT2D eigenvalue weighted by atomic mass is 16.7. The highest BCUT2D eigenvalue weighted by molar-refractivity contribution is 5.68. The van der Waals surface area contributed by atoms with Gasteiger partial charge in [-0.1, -0.05) is 0 Å². The third-order valence-electron chi connectivity index (χ3n) is 3.38. The van der Waals surface area contributed by atoms with Crippen molar-refractivity contribution in [2.45, 2.75) is 13.8 Å². The molecule has 0 saturated heterocycles. The lowest BCUT2D eigenvalue weighted by molar-refractivity contribution is -0.399. The molecule has 0 spiro atoms. The van der Waals surface area contributed by atoms with Gasteiger partial charge in [0.05, 0.1) is 19.7 Å². The quantitative estimate of drug-likeness (QED) is 0.534. The molecule has 2 aromatic rings. The number of hydrogen-bond acceptors (Lipinski definition) is 9. The van der Waals surface area contributed by atoms with Crippen LogP contribution in [0.2, 0.25) is 0 Å². The smallest absolute Gasteiger partial charge is 0.319 e. The van der Waals surface area contributed by atoms with Crippen molar-refractivity contribution in [1.29, 1.82) is 0 Å². The summed E-state index contributed by atoms with van der Waals surface area (Å²) in [4.78, 5) is 41.1. The van der Waals surface area contributed by atoms with E-state index in [2.05, 4.69) is 0 Å². The summed E-state index contributed by atoms with van der Waals surface area (Å²) in [7, 11) is 0. The number of nitrogens with zero attached hydrogens (tertiary/aromatic N) is 4. The van der Waals surface area contributed by atoms with Crippen molar-refractivity contribution in [1.82, 2.24) is 0 Å². The molecule has 140 valence electrons. The van der Waals surface area contributed by atoms with E-state index in [0.29, 0.717) is 0 Å². The van der Waals surface area contributed by atoms with Gasteiger partial charge in [-0.05, 0) is 25.0 Å². The van der Waals surface area contributed by atoms with E-state index in [-0.39, 0.29) is 11.1 Å². The van der Waals surface area contributed by atoms with Gasteiger partial charge < -0.3 is 4.74 Å². The maximum atomic E-state index is 11.3. The number of ether oxygens (including phenoxy) is 1. The highest BCUT2D eigenvalue weighted by Crippen LogP contribution is 2.46. The lowest BCUT2D eigenvalue weighted by atomic mass is 10.1. The first-order valence-electron chi connectivity index (χ1n) is 7.07. The van der Waals surface area contributed by atoms with E-state index in [4.69, 9.17) is 4.74 Å². The molecule has 0 atom stereocenters. The van der Waals surface area contributed by atoms with Crippen LogP contribution in [0.25, 0.3) is 0 Å². The Bertz CT molecular complexity index is 853. The van der Waals surface area contributed by atoms with E-state index in [1.165, 1.54) is 13.8 Å². The minimum Gasteiger partial charge on any atom is -0.430 e. The lowest BCUT2D eigenvalue weighted by Crippen LogP contribution is -2.03. The first kappa shape index (κ1) is 19.2. The molecule has 0 aromatic heterocycles. The summed E-state index contributed by atoms with van der Waals surface area (Å²) >= 11 is 0. The summed E-state index contributed by atoms with van der Waals surface area (Å²) in [6, 6.07) is 3.81. The summed E-state index contributed by atoms with van der Waals surface area (Å²) in [5.74, 6) is -1.88. The molecule has 2 rings (SSSR count). The second-order valence-electron chi connectivity index (χ2n) is 5.40. The standard InChI is InChI=1S/C14H10N4O9/c1-7-3-9(15(19)20)13(10(4-7)16(21)22)27-14-11(17(23)24)5-8(2)6-12(14)18(25)26/h3-6H,1-2H3. The molecule has 27 heavy (non-hydrogen) atoms. The normalized spacial score (nSPS) is 10.3. The Morgan fingerprint density at radius 2 is 0.815 bits per heavy atom. The second kappa shape index (κ2) is 6.99. The third kappa shape index (κ3) is 3.76. The number of nitro benzene ring substituents is 4. The highest BCUT2D eigenvalue weighted by Gasteiger charge is 2.35. The molecule has 0 unspecified atom stereocenters. The Kier molecular flexibility index (Phi) is 4.96. The zero-order chi connectivity index (χ0) is 20.5. The Morgan fingerprint density at radius 3 is 1.00 bits per heavy atom. The van der Waals surface area contributed by atoms with Gasteiger partial charge in [-0.3, -0.25) is 40.5 Å². The van der Waals surface area contributed by atoms with Gasteiger partial charge in [0.2, 0.25) is 0 Å². The number of nitro groups is 4. The molecule has 0 amide bonds. The van der Waals surface area contributed by atoms with Gasteiger partial charge in [0.15, 0.2) is 0 Å². The first-order valence-corrected chi connectivity index (χ1v) is 7.07. The van der Waals surface area contributed by atoms with E-state index in [1.807, 2.05) is 0 Å². The molecule has 0 bridgehead atoms. The van der Waals surface area contributed by atoms with Crippen LogP contribution in [0.3, 0.4) is 0 Å². The van der Waals surface area contributed by atoms with E-state index in [1.54, 1.807) is 0 Å². The predicted octanol–water partition coefficient (Wildman–Crippen LogP) is 3.73. The first-order chi connectivity index (χ1) is 12.5. The van der Waals surface area contributed by atoms with Crippen LogP contribution < -0.4 is 4.74 Å². The monoisotopic (exact) mass is 378 g/mol. The summed E-state index contributed by atoms with van der Waals surface area (Å²) in [6.45, 7) is 2.72. The number of aryl methyl sites for hydroxylation is 2. The fraction of sp³-hybridized carbons (Fsp3) is 0.143. The SMILES string of the molecule is Cc1cc([N+](=O)[O-])c(Oc2c([N+](=O)[O-])cc(C)cc2[N+](=O)[O-])c([N+](=O)[O-])c1. The van der Waals surface area contributed by atoms with Gasteiger partial charge in [-0.15, -0.1) is 0 Å². The molecule has 0 N–H and O–H groups in total. The molecule has 0 aliphatic carbocycles. The molecule has 13 nitrogen and oxygen atoms in total. The second-order valence-corrected chi connectivity index (χ2v) is 5.40. The lowest BCUT2D eigenvalue weighted by Gasteiger charge is -2.09. The van der Waals surface area contributed by atoms with Crippen molar-refractivity contribution >= 4 is 22.7 Å². The van der Waals surface area contributed by atoms with Crippen LogP contribution in [-0.2, 0) is 0 Å². The van der Waals surface area contributed by atoms with Crippen LogP contribution in [0.1, 0.15) is 11.1 Å². The zero-order valence-electron chi connectivity index (χ0n) is 13.8. The van der Waals surface area contributed by atoms with E-state index < -0.39 is 53.9 Å². The number of hydrogen-bond donors (Lipinski definition) is 0. The van der Waals surface area contributed by atoms with Gasteiger partial charge in [-0.2, -0.15) is 0 Å². The topological polar surface area (TPSA) is 182 Å². The van der Waals surface area contributed by atoms with Crippen LogP contribution in [-0.4, -0.2) is 19.7 Å². The van der Waals surface area contributed by atoms with E-state index in [9.17, 15) is 40.5 Å². The van der Waals surface area contributed by atoms with Gasteiger partial charge in [0, 0.05) is 24.3 Å². The summed E-state index contributed by atoms with van der Waals surface area (Å²) in [5, 5.41) is 45.1. The Balaban J connectivity index is 2.85. The third-order valence-corrected chi connectivity index (χ3v) is 3.38. The Labute approximate surface area is 149 Å². The minimum atomic E-state index is -0.985. The molecule has 0 aliphatic rings. The van der Waals surface area contributed by atoms with Crippen LogP contribution >= 0.6 is 0 Å². The summed E-state index contributed by atoms with van der Waals surface area (Å²) in [6.07, 6.45) is 0.